The van der Waals surface area contributed by atoms with Crippen LogP contribution < -0.4 is 19.5 Å². The van der Waals surface area contributed by atoms with Crippen molar-refractivity contribution in [2.45, 2.75) is 46.2 Å². The second-order valence-electron chi connectivity index (χ2n) is 6.31. The summed E-state index contributed by atoms with van der Waals surface area (Å²) in [7, 11) is 0. The van der Waals surface area contributed by atoms with E-state index in [-0.39, 0.29) is 12.3 Å². The van der Waals surface area contributed by atoms with Crippen LogP contribution in [-0.4, -0.2) is 18.9 Å². The van der Waals surface area contributed by atoms with Gasteiger partial charge >= 0.3 is 0 Å². The number of ether oxygens (including phenoxy) is 3. The van der Waals surface area contributed by atoms with Gasteiger partial charge in [0.05, 0.1) is 0 Å². The van der Waals surface area contributed by atoms with Gasteiger partial charge in [-0.1, -0.05) is 13.5 Å². The minimum Gasteiger partial charge on any atom is -0.489 e. The first kappa shape index (κ1) is 15.7. The molecule has 0 saturated heterocycles. The zero-order valence-corrected chi connectivity index (χ0v) is 13.4. The Morgan fingerprint density at radius 1 is 1.29 bits per heavy atom. The van der Waals surface area contributed by atoms with Gasteiger partial charge in [-0.15, -0.1) is 0 Å². The molecule has 0 unspecified atom stereocenters. The molecule has 2 rings (SSSR count). The van der Waals surface area contributed by atoms with Crippen LogP contribution in [0.4, 0.5) is 0 Å². The van der Waals surface area contributed by atoms with Crippen LogP contribution in [0.2, 0.25) is 0 Å². The van der Waals surface area contributed by atoms with Crippen LogP contribution in [0.1, 0.15) is 39.7 Å². The average molecular weight is 291 g/mol. The van der Waals surface area contributed by atoms with Gasteiger partial charge in [-0.05, 0) is 38.8 Å². The number of nitrogens with one attached hydrogen (secondary N) is 1. The molecule has 0 aromatic heterocycles. The summed E-state index contributed by atoms with van der Waals surface area (Å²) in [5.41, 5.74) is 2.18. The lowest BCUT2D eigenvalue weighted by Crippen LogP contribution is -2.35. The Bertz CT molecular complexity index is 518. The minimum atomic E-state index is 0.0423. The maximum atomic E-state index is 5.91. The van der Waals surface area contributed by atoms with Gasteiger partial charge in [-0.2, -0.15) is 0 Å². The SMILES string of the molecule is C=C(CC)COc1cc2c(cc1CNC(C)(C)C)OCO2. The second-order valence-corrected chi connectivity index (χ2v) is 6.31. The molecule has 1 aromatic carbocycles. The molecule has 21 heavy (non-hydrogen) atoms. The fraction of sp³-hybridized carbons (Fsp3) is 0.529. The van der Waals surface area contributed by atoms with Crippen LogP contribution in [0.3, 0.4) is 0 Å². The van der Waals surface area contributed by atoms with Crippen LogP contribution in [0.25, 0.3) is 0 Å². The quantitative estimate of drug-likeness (QED) is 0.812. The van der Waals surface area contributed by atoms with Crippen molar-refractivity contribution in [2.24, 2.45) is 0 Å². The number of fused-ring (bicyclic) bond motifs is 1. The molecule has 0 fully saturated rings. The molecule has 1 N–H and O–H groups in total. The van der Waals surface area contributed by atoms with E-state index < -0.39 is 0 Å². The molecule has 0 radical (unpaired) electrons. The summed E-state index contributed by atoms with van der Waals surface area (Å²) in [6.07, 6.45) is 0.917. The van der Waals surface area contributed by atoms with Gasteiger partial charge in [0.1, 0.15) is 12.4 Å². The lowest BCUT2D eigenvalue weighted by molar-refractivity contribution is 0.173. The summed E-state index contributed by atoms with van der Waals surface area (Å²) in [4.78, 5) is 0. The molecule has 1 heterocycles. The second kappa shape index (κ2) is 6.39. The molecule has 116 valence electrons. The zero-order chi connectivity index (χ0) is 15.5. The van der Waals surface area contributed by atoms with Crippen molar-refractivity contribution in [1.82, 2.24) is 5.32 Å². The first-order chi connectivity index (χ1) is 9.89. The molecule has 0 bridgehead atoms. The monoisotopic (exact) mass is 291 g/mol. The number of hydrogen-bond donors (Lipinski definition) is 1. The Hall–Kier alpha value is -1.68. The summed E-state index contributed by atoms with van der Waals surface area (Å²) < 4.78 is 16.8. The van der Waals surface area contributed by atoms with Crippen LogP contribution >= 0.6 is 0 Å². The Labute approximate surface area is 127 Å². The van der Waals surface area contributed by atoms with Gasteiger partial charge in [-0.25, -0.2) is 0 Å². The topological polar surface area (TPSA) is 39.7 Å². The van der Waals surface area contributed by atoms with Gasteiger partial charge in [0, 0.05) is 23.7 Å². The maximum Gasteiger partial charge on any atom is 0.231 e. The van der Waals surface area contributed by atoms with Gasteiger partial charge in [0.2, 0.25) is 6.79 Å². The third-order valence-corrected chi connectivity index (χ3v) is 3.30. The standard InChI is InChI=1S/C17H25NO3/c1-6-12(2)10-19-14-8-16-15(20-11-21-16)7-13(14)9-18-17(3,4)5/h7-8,18H,2,6,9-11H2,1,3-5H3. The van der Waals surface area contributed by atoms with E-state index in [9.17, 15) is 0 Å². The maximum absolute atomic E-state index is 5.91. The zero-order valence-electron chi connectivity index (χ0n) is 13.4. The molecule has 0 aliphatic carbocycles. The lowest BCUT2D eigenvalue weighted by Gasteiger charge is -2.22. The van der Waals surface area contributed by atoms with Crippen molar-refractivity contribution in [3.05, 3.63) is 29.8 Å². The molecule has 4 heteroatoms. The molecule has 1 aromatic rings. The van der Waals surface area contributed by atoms with Crippen molar-refractivity contribution in [3.8, 4) is 17.2 Å². The summed E-state index contributed by atoms with van der Waals surface area (Å²) in [5.74, 6) is 2.35. The summed E-state index contributed by atoms with van der Waals surface area (Å²) in [5, 5.41) is 3.47. The summed E-state index contributed by atoms with van der Waals surface area (Å²) in [6.45, 7) is 14.0. The van der Waals surface area contributed by atoms with Crippen LogP contribution in [0.5, 0.6) is 17.2 Å². The fourth-order valence-corrected chi connectivity index (χ4v) is 1.88. The lowest BCUT2D eigenvalue weighted by atomic mass is 10.1. The van der Waals surface area contributed by atoms with Gasteiger partial charge in [0.25, 0.3) is 0 Å². The number of hydrogen-bond acceptors (Lipinski definition) is 4. The van der Waals surface area contributed by atoms with Crippen molar-refractivity contribution < 1.29 is 14.2 Å². The third kappa shape index (κ3) is 4.39. The highest BCUT2D eigenvalue weighted by Gasteiger charge is 2.19. The average Bonchev–Trinajstić information content (AvgIpc) is 2.87. The molecule has 0 atom stereocenters. The van der Waals surface area contributed by atoms with Crippen molar-refractivity contribution in [2.75, 3.05) is 13.4 Å². The molecule has 0 saturated carbocycles. The highest BCUT2D eigenvalue weighted by molar-refractivity contribution is 5.52. The summed E-state index contributed by atoms with van der Waals surface area (Å²) >= 11 is 0. The highest BCUT2D eigenvalue weighted by Crippen LogP contribution is 2.38. The Morgan fingerprint density at radius 2 is 1.95 bits per heavy atom. The largest absolute Gasteiger partial charge is 0.489 e. The van der Waals surface area contributed by atoms with Gasteiger partial charge < -0.3 is 19.5 Å². The van der Waals surface area contributed by atoms with E-state index >= 15 is 0 Å². The number of rotatable bonds is 6. The van der Waals surface area contributed by atoms with Crippen molar-refractivity contribution in [1.29, 1.82) is 0 Å². The van der Waals surface area contributed by atoms with E-state index in [2.05, 4.69) is 39.6 Å². The molecule has 1 aliphatic heterocycles. The molecule has 4 nitrogen and oxygen atoms in total. The molecule has 1 aliphatic rings. The molecule has 0 spiro atoms. The predicted molar refractivity (Wildman–Crippen MR) is 84.1 cm³/mol. The normalized spacial score (nSPS) is 13.3. The van der Waals surface area contributed by atoms with E-state index in [0.29, 0.717) is 13.2 Å². The Morgan fingerprint density at radius 3 is 2.57 bits per heavy atom. The molecular formula is C17H25NO3. The highest BCUT2D eigenvalue weighted by atomic mass is 16.7. The molecular weight excluding hydrogens is 266 g/mol. The first-order valence-corrected chi connectivity index (χ1v) is 7.36. The van der Waals surface area contributed by atoms with E-state index in [1.165, 1.54) is 0 Å². The van der Waals surface area contributed by atoms with Gasteiger partial charge in [0.15, 0.2) is 11.5 Å². The van der Waals surface area contributed by atoms with E-state index in [1.54, 1.807) is 0 Å². The van der Waals surface area contributed by atoms with Crippen LogP contribution in [0.15, 0.2) is 24.3 Å². The third-order valence-electron chi connectivity index (χ3n) is 3.30. The van der Waals surface area contributed by atoms with E-state index in [4.69, 9.17) is 14.2 Å². The first-order valence-electron chi connectivity index (χ1n) is 7.36. The fourth-order valence-electron chi connectivity index (χ4n) is 1.88. The predicted octanol–water partition coefficient (Wildman–Crippen LogP) is 3.65. The summed E-state index contributed by atoms with van der Waals surface area (Å²) in [6, 6.07) is 3.90. The van der Waals surface area contributed by atoms with Crippen LogP contribution in [0, 0.1) is 0 Å². The van der Waals surface area contributed by atoms with Crippen LogP contribution in [-0.2, 0) is 6.54 Å². The number of benzene rings is 1. The van der Waals surface area contributed by atoms with Crippen molar-refractivity contribution >= 4 is 0 Å². The van der Waals surface area contributed by atoms with E-state index in [0.717, 1.165) is 34.8 Å². The Balaban J connectivity index is 2.17. The smallest absolute Gasteiger partial charge is 0.231 e. The minimum absolute atomic E-state index is 0.0423. The van der Waals surface area contributed by atoms with E-state index in [1.807, 2.05) is 12.1 Å². The Kier molecular flexibility index (Phi) is 4.78. The molecule has 0 amide bonds. The van der Waals surface area contributed by atoms with Crippen molar-refractivity contribution in [3.63, 3.8) is 0 Å². The van der Waals surface area contributed by atoms with Gasteiger partial charge in [-0.3, -0.25) is 0 Å².